The van der Waals surface area contributed by atoms with Crippen LogP contribution < -0.4 is 5.32 Å². The van der Waals surface area contributed by atoms with Crippen LogP contribution in [0.5, 0.6) is 0 Å². The molecule has 0 bridgehead atoms. The highest BCUT2D eigenvalue weighted by Gasteiger charge is 2.14. The van der Waals surface area contributed by atoms with E-state index < -0.39 is 24.3 Å². The maximum absolute atomic E-state index is 13.6. The molecule has 132 valence electrons. The van der Waals surface area contributed by atoms with Crippen LogP contribution in [-0.4, -0.2) is 25.0 Å². The van der Waals surface area contributed by atoms with Crippen LogP contribution in [0.25, 0.3) is 0 Å². The van der Waals surface area contributed by atoms with Gasteiger partial charge in [-0.3, -0.25) is 9.59 Å². The first kappa shape index (κ1) is 19.2. The van der Waals surface area contributed by atoms with Crippen molar-refractivity contribution >= 4 is 35.1 Å². The van der Waals surface area contributed by atoms with Crippen molar-refractivity contribution in [2.45, 2.75) is 12.8 Å². The largest absolute Gasteiger partial charge is 0.455 e. The lowest BCUT2D eigenvalue weighted by Crippen LogP contribution is -2.30. The van der Waals surface area contributed by atoms with E-state index in [1.165, 1.54) is 18.2 Å². The predicted octanol–water partition coefficient (Wildman–Crippen LogP) is 3.58. The van der Waals surface area contributed by atoms with Crippen molar-refractivity contribution in [3.05, 3.63) is 69.5 Å². The molecule has 0 fully saturated rings. The molecule has 0 aliphatic rings. The van der Waals surface area contributed by atoms with E-state index in [2.05, 4.69) is 5.32 Å². The second-order valence-electron chi connectivity index (χ2n) is 5.26. The van der Waals surface area contributed by atoms with Crippen molar-refractivity contribution < 1.29 is 18.7 Å². The Morgan fingerprint density at radius 1 is 1.08 bits per heavy atom. The fraction of sp³-hybridized carbons (Fsp3) is 0.222. The molecular weight excluding hydrogens is 368 g/mol. The molecule has 0 aliphatic heterocycles. The third-order valence-electron chi connectivity index (χ3n) is 3.40. The molecule has 0 unspecified atom stereocenters. The fourth-order valence-electron chi connectivity index (χ4n) is 2.09. The second kappa shape index (κ2) is 9.39. The summed E-state index contributed by atoms with van der Waals surface area (Å²) in [7, 11) is 0. The third kappa shape index (κ3) is 6.36. The first-order valence-corrected chi connectivity index (χ1v) is 8.31. The normalized spacial score (nSPS) is 10.4. The molecule has 0 heterocycles. The number of benzene rings is 2. The molecule has 0 saturated heterocycles. The summed E-state index contributed by atoms with van der Waals surface area (Å²) in [5, 5.41) is 3.43. The van der Waals surface area contributed by atoms with E-state index in [-0.39, 0.29) is 17.0 Å². The monoisotopic (exact) mass is 383 g/mol. The number of amides is 1. The van der Waals surface area contributed by atoms with Gasteiger partial charge >= 0.3 is 5.97 Å². The summed E-state index contributed by atoms with van der Waals surface area (Å²) in [6, 6.07) is 11.4. The molecule has 0 atom stereocenters. The number of carbonyl (C=O) groups is 2. The molecule has 0 radical (unpaired) electrons. The minimum absolute atomic E-state index is 0.0531. The van der Waals surface area contributed by atoms with Gasteiger partial charge < -0.3 is 10.1 Å². The van der Waals surface area contributed by atoms with Crippen LogP contribution in [0, 0.1) is 5.82 Å². The molecule has 0 aromatic heterocycles. The number of ether oxygens (including phenoxy) is 1. The van der Waals surface area contributed by atoms with Crippen LogP contribution in [0.15, 0.2) is 42.5 Å². The molecule has 7 heteroatoms. The van der Waals surface area contributed by atoms with Crippen LogP contribution in [-0.2, 0) is 27.2 Å². The topological polar surface area (TPSA) is 55.4 Å². The molecule has 4 nitrogen and oxygen atoms in total. The van der Waals surface area contributed by atoms with E-state index in [1.54, 1.807) is 12.1 Å². The molecule has 0 saturated carbocycles. The standard InChI is InChI=1S/C18H16Cl2FNO3/c19-13-6-4-12(5-7-13)8-9-22-17(23)11-25-18(24)10-14-15(20)2-1-3-16(14)21/h1-7H,8-11H2,(H,22,23). The summed E-state index contributed by atoms with van der Waals surface area (Å²) in [5.74, 6) is -1.74. The van der Waals surface area contributed by atoms with E-state index >= 15 is 0 Å². The lowest BCUT2D eigenvalue weighted by Gasteiger charge is -2.08. The maximum atomic E-state index is 13.6. The summed E-state index contributed by atoms with van der Waals surface area (Å²) in [6.07, 6.45) is 0.297. The summed E-state index contributed by atoms with van der Waals surface area (Å²) in [5.41, 5.74) is 1.08. The molecule has 2 rings (SSSR count). The van der Waals surface area contributed by atoms with E-state index in [1.807, 2.05) is 12.1 Å². The summed E-state index contributed by atoms with van der Waals surface area (Å²) < 4.78 is 18.4. The van der Waals surface area contributed by atoms with Crippen molar-refractivity contribution in [1.82, 2.24) is 5.32 Å². The Morgan fingerprint density at radius 3 is 2.48 bits per heavy atom. The molecular formula is C18H16Cl2FNO3. The molecule has 25 heavy (non-hydrogen) atoms. The maximum Gasteiger partial charge on any atom is 0.310 e. The minimum atomic E-state index is -0.722. The molecule has 2 aromatic rings. The van der Waals surface area contributed by atoms with Crippen molar-refractivity contribution in [2.24, 2.45) is 0 Å². The zero-order chi connectivity index (χ0) is 18.2. The molecule has 0 spiro atoms. The first-order chi connectivity index (χ1) is 12.0. The highest BCUT2D eigenvalue weighted by molar-refractivity contribution is 6.31. The smallest absolute Gasteiger partial charge is 0.310 e. The number of rotatable bonds is 7. The van der Waals surface area contributed by atoms with Gasteiger partial charge in [-0.15, -0.1) is 0 Å². The van der Waals surface area contributed by atoms with Crippen LogP contribution in [0.1, 0.15) is 11.1 Å². The second-order valence-corrected chi connectivity index (χ2v) is 6.11. The van der Waals surface area contributed by atoms with Gasteiger partial charge in [0.25, 0.3) is 5.91 Å². The van der Waals surface area contributed by atoms with Gasteiger partial charge in [-0.25, -0.2) is 4.39 Å². The van der Waals surface area contributed by atoms with Crippen LogP contribution in [0.2, 0.25) is 10.0 Å². The Morgan fingerprint density at radius 2 is 1.80 bits per heavy atom. The Hall–Kier alpha value is -2.11. The van der Waals surface area contributed by atoms with Crippen LogP contribution in [0.4, 0.5) is 4.39 Å². The first-order valence-electron chi connectivity index (χ1n) is 7.55. The van der Waals surface area contributed by atoms with E-state index in [0.29, 0.717) is 18.0 Å². The predicted molar refractivity (Wildman–Crippen MR) is 94.2 cm³/mol. The highest BCUT2D eigenvalue weighted by atomic mass is 35.5. The number of esters is 1. The van der Waals surface area contributed by atoms with Crippen LogP contribution in [0.3, 0.4) is 0 Å². The number of halogens is 3. The van der Waals surface area contributed by atoms with Crippen molar-refractivity contribution in [1.29, 1.82) is 0 Å². The number of nitrogens with one attached hydrogen (secondary N) is 1. The van der Waals surface area contributed by atoms with Gasteiger partial charge in [0.05, 0.1) is 6.42 Å². The molecule has 1 amide bonds. The van der Waals surface area contributed by atoms with Gasteiger partial charge in [0.2, 0.25) is 0 Å². The lowest BCUT2D eigenvalue weighted by molar-refractivity contribution is -0.147. The quantitative estimate of drug-likeness (QED) is 0.743. The Labute approximate surface area is 154 Å². The van der Waals surface area contributed by atoms with Gasteiger partial charge in [0.15, 0.2) is 6.61 Å². The fourth-order valence-corrected chi connectivity index (χ4v) is 2.45. The van der Waals surface area contributed by atoms with E-state index in [4.69, 9.17) is 27.9 Å². The van der Waals surface area contributed by atoms with Gasteiger partial charge in [0, 0.05) is 22.2 Å². The van der Waals surface area contributed by atoms with Gasteiger partial charge in [-0.1, -0.05) is 41.4 Å². The highest BCUT2D eigenvalue weighted by Crippen LogP contribution is 2.19. The SMILES string of the molecule is O=C(COC(=O)Cc1c(F)cccc1Cl)NCCc1ccc(Cl)cc1. The average Bonchev–Trinajstić information content (AvgIpc) is 2.58. The van der Waals surface area contributed by atoms with Gasteiger partial charge in [-0.05, 0) is 36.2 Å². The van der Waals surface area contributed by atoms with Gasteiger partial charge in [-0.2, -0.15) is 0 Å². The van der Waals surface area contributed by atoms with Gasteiger partial charge in [0.1, 0.15) is 5.82 Å². The molecule has 2 aromatic carbocycles. The Kier molecular flexibility index (Phi) is 7.22. The number of hydrogen-bond acceptors (Lipinski definition) is 3. The molecule has 1 N–H and O–H groups in total. The summed E-state index contributed by atoms with van der Waals surface area (Å²) >= 11 is 11.6. The van der Waals surface area contributed by atoms with Crippen molar-refractivity contribution in [2.75, 3.05) is 13.2 Å². The van der Waals surface area contributed by atoms with E-state index in [9.17, 15) is 14.0 Å². The number of carbonyl (C=O) groups excluding carboxylic acids is 2. The Balaban J connectivity index is 1.70. The van der Waals surface area contributed by atoms with E-state index in [0.717, 1.165) is 5.56 Å². The zero-order valence-electron chi connectivity index (χ0n) is 13.2. The zero-order valence-corrected chi connectivity index (χ0v) is 14.7. The summed E-state index contributed by atoms with van der Waals surface area (Å²) in [6.45, 7) is -0.0251. The average molecular weight is 384 g/mol. The summed E-state index contributed by atoms with van der Waals surface area (Å²) in [4.78, 5) is 23.4. The van der Waals surface area contributed by atoms with Crippen molar-refractivity contribution in [3.8, 4) is 0 Å². The third-order valence-corrected chi connectivity index (χ3v) is 4.00. The molecule has 0 aliphatic carbocycles. The Bertz CT molecular complexity index is 730. The lowest BCUT2D eigenvalue weighted by atomic mass is 10.1. The number of hydrogen-bond donors (Lipinski definition) is 1. The minimum Gasteiger partial charge on any atom is -0.455 e. The van der Waals surface area contributed by atoms with Crippen molar-refractivity contribution in [3.63, 3.8) is 0 Å². The van der Waals surface area contributed by atoms with Crippen LogP contribution >= 0.6 is 23.2 Å².